The maximum absolute atomic E-state index is 13.6. The molecular formula is C27H32Cl2O7. The number of alkyl halides is 2. The van der Waals surface area contributed by atoms with Gasteiger partial charge in [-0.3, -0.25) is 9.59 Å². The molecule has 0 bridgehead atoms. The first-order valence-corrected chi connectivity index (χ1v) is 13.0. The fourth-order valence-electron chi connectivity index (χ4n) is 8.09. The molecule has 0 amide bonds. The van der Waals surface area contributed by atoms with Crippen LogP contribution in [0.1, 0.15) is 57.0 Å². The summed E-state index contributed by atoms with van der Waals surface area (Å²) in [4.78, 5) is 37.7. The van der Waals surface area contributed by atoms with Crippen LogP contribution in [0.4, 0.5) is 0 Å². The van der Waals surface area contributed by atoms with Crippen molar-refractivity contribution in [1.29, 1.82) is 0 Å². The minimum absolute atomic E-state index is 0. The van der Waals surface area contributed by atoms with E-state index >= 15 is 0 Å². The number of furan rings is 1. The van der Waals surface area contributed by atoms with Gasteiger partial charge in [0.2, 0.25) is 5.76 Å². The molecule has 0 aromatic carbocycles. The number of fused-ring (bicyclic) bond motifs is 5. The molecule has 3 fully saturated rings. The third-order valence-corrected chi connectivity index (χ3v) is 10.9. The predicted octanol–water partition coefficient (Wildman–Crippen LogP) is 4.04. The smallest absolute Gasteiger partial charge is 0.375 e. The van der Waals surface area contributed by atoms with Crippen LogP contribution in [0, 0.1) is 28.6 Å². The molecule has 4 aliphatic rings. The number of aliphatic hydroxyl groups is 1. The van der Waals surface area contributed by atoms with E-state index in [9.17, 15) is 19.5 Å². The molecule has 3 saturated carbocycles. The summed E-state index contributed by atoms with van der Waals surface area (Å²) in [5.41, 5.74) is -2.20. The van der Waals surface area contributed by atoms with Crippen molar-refractivity contribution in [3.8, 4) is 0 Å². The van der Waals surface area contributed by atoms with Crippen LogP contribution in [0.15, 0.2) is 46.6 Å². The number of carbonyl (C=O) groups excluding carboxylic acids is 3. The molecule has 8 atom stereocenters. The number of esters is 1. The van der Waals surface area contributed by atoms with E-state index in [0.29, 0.717) is 19.3 Å². The molecule has 1 aromatic rings. The van der Waals surface area contributed by atoms with Crippen LogP contribution < -0.4 is 0 Å². The van der Waals surface area contributed by atoms with Gasteiger partial charge in [0.25, 0.3) is 0 Å². The second-order valence-corrected chi connectivity index (χ2v) is 12.0. The van der Waals surface area contributed by atoms with Crippen LogP contribution in [0.3, 0.4) is 0 Å². The number of aliphatic hydroxyl groups excluding tert-OH is 1. The molecule has 0 saturated heterocycles. The Bertz CT molecular complexity index is 1140. The molecular weight excluding hydrogens is 507 g/mol. The molecule has 9 heteroatoms. The SMILES string of the molecule is C[C@@H]1CC2C3CCC4=CC(=O)C=C[C@]4(C)[C@@]3(Cl)[C@@H](O)C[C@]2(C)[C@@]1(OC(=O)c1ccco1)C(=O)CCl.O. The Morgan fingerprint density at radius 1 is 1.28 bits per heavy atom. The zero-order chi connectivity index (χ0) is 25.4. The molecule has 5 rings (SSSR count). The standard InChI is InChI=1S/C27H30Cl2O6.H2O/c1-15-11-19-18-7-6-16-12-17(30)8-9-24(16,2)26(18,29)21(31)13-25(19,3)27(15,22(32)14-28)35-23(33)20-5-4-10-34-20;/h4-5,8-10,12,15,18-19,21,31H,6-7,11,13-14H2,1-3H3;1H2/t15-,18?,19?,21+,24+,25+,26+,27+;/m1./s1. The second kappa shape index (κ2) is 8.83. The van der Waals surface area contributed by atoms with Gasteiger partial charge in [-0.2, -0.15) is 0 Å². The molecule has 36 heavy (non-hydrogen) atoms. The summed E-state index contributed by atoms with van der Waals surface area (Å²) in [6.45, 7) is 5.81. The fourth-order valence-corrected chi connectivity index (χ4v) is 8.81. The van der Waals surface area contributed by atoms with Crippen LogP contribution in [0.25, 0.3) is 0 Å². The molecule has 1 aromatic heterocycles. The van der Waals surface area contributed by atoms with Gasteiger partial charge in [0.1, 0.15) is 0 Å². The highest BCUT2D eigenvalue weighted by atomic mass is 35.5. The van der Waals surface area contributed by atoms with Crippen molar-refractivity contribution in [3.05, 3.63) is 48.0 Å². The fraction of sp³-hybridized carbons (Fsp3) is 0.593. The third kappa shape index (κ3) is 3.22. The number of carbonyl (C=O) groups is 3. The Hall–Kier alpha value is -1.93. The van der Waals surface area contributed by atoms with Gasteiger partial charge >= 0.3 is 5.97 Å². The molecule has 3 N–H and O–H groups in total. The van der Waals surface area contributed by atoms with Crippen molar-refractivity contribution in [1.82, 2.24) is 0 Å². The number of allylic oxidation sites excluding steroid dienone is 4. The van der Waals surface area contributed by atoms with Crippen molar-refractivity contribution in [2.45, 2.75) is 63.0 Å². The molecule has 0 aliphatic heterocycles. The number of hydrogen-bond donors (Lipinski definition) is 1. The van der Waals surface area contributed by atoms with Crippen molar-refractivity contribution in [3.63, 3.8) is 0 Å². The van der Waals surface area contributed by atoms with Gasteiger partial charge in [-0.1, -0.05) is 32.4 Å². The maximum Gasteiger partial charge on any atom is 0.375 e. The molecule has 0 radical (unpaired) electrons. The molecule has 196 valence electrons. The van der Waals surface area contributed by atoms with Crippen molar-refractivity contribution >= 4 is 40.7 Å². The highest BCUT2D eigenvalue weighted by Crippen LogP contribution is 2.72. The summed E-state index contributed by atoms with van der Waals surface area (Å²) in [6.07, 6.45) is 7.44. The summed E-state index contributed by atoms with van der Waals surface area (Å²) in [5.74, 6) is -2.12. The van der Waals surface area contributed by atoms with Gasteiger partial charge < -0.3 is 19.7 Å². The molecule has 0 spiro atoms. The Balaban J connectivity index is 0.00000304. The van der Waals surface area contributed by atoms with E-state index < -0.39 is 33.4 Å². The Morgan fingerprint density at radius 3 is 2.64 bits per heavy atom. The van der Waals surface area contributed by atoms with Gasteiger partial charge in [0, 0.05) is 16.7 Å². The van der Waals surface area contributed by atoms with E-state index in [1.165, 1.54) is 18.4 Å². The lowest BCUT2D eigenvalue weighted by Crippen LogP contribution is -2.69. The number of rotatable bonds is 4. The third-order valence-electron chi connectivity index (χ3n) is 9.69. The number of ketones is 2. The number of hydrogen-bond acceptors (Lipinski definition) is 6. The van der Waals surface area contributed by atoms with Crippen LogP contribution >= 0.6 is 23.2 Å². The average molecular weight is 539 g/mol. The molecule has 2 unspecified atom stereocenters. The second-order valence-electron chi connectivity index (χ2n) is 11.1. The van der Waals surface area contributed by atoms with E-state index in [4.69, 9.17) is 32.4 Å². The number of halogens is 2. The lowest BCUT2D eigenvalue weighted by molar-refractivity contribution is -0.177. The Kier molecular flexibility index (Phi) is 6.65. The first kappa shape index (κ1) is 27.1. The van der Waals surface area contributed by atoms with E-state index in [2.05, 4.69) is 0 Å². The zero-order valence-electron chi connectivity index (χ0n) is 20.6. The summed E-state index contributed by atoms with van der Waals surface area (Å²) < 4.78 is 11.3. The monoisotopic (exact) mass is 538 g/mol. The Labute approximate surface area is 220 Å². The number of Topliss-reactive ketones (excluding diaryl/α,β-unsaturated/α-hetero) is 1. The van der Waals surface area contributed by atoms with E-state index in [-0.39, 0.29) is 52.9 Å². The lowest BCUT2D eigenvalue weighted by atomic mass is 9.45. The van der Waals surface area contributed by atoms with Crippen molar-refractivity contribution < 1.29 is 34.1 Å². The minimum atomic E-state index is -1.53. The molecule has 1 heterocycles. The van der Waals surface area contributed by atoms with Gasteiger partial charge in [-0.05, 0) is 61.8 Å². The minimum Gasteiger partial charge on any atom is -0.457 e. The largest absolute Gasteiger partial charge is 0.457 e. The van der Waals surface area contributed by atoms with Crippen molar-refractivity contribution in [2.75, 3.05) is 5.88 Å². The summed E-state index contributed by atoms with van der Waals surface area (Å²) in [6, 6.07) is 3.07. The zero-order valence-corrected chi connectivity index (χ0v) is 22.1. The topological polar surface area (TPSA) is 125 Å². The summed E-state index contributed by atoms with van der Waals surface area (Å²) in [7, 11) is 0. The first-order chi connectivity index (χ1) is 16.5. The van der Waals surface area contributed by atoms with Gasteiger partial charge in [-0.15, -0.1) is 23.2 Å². The van der Waals surface area contributed by atoms with Crippen LogP contribution in [-0.4, -0.2) is 50.6 Å². The van der Waals surface area contributed by atoms with E-state index in [1.807, 2.05) is 26.8 Å². The quantitative estimate of drug-likeness (QED) is 0.455. The van der Waals surface area contributed by atoms with Gasteiger partial charge in [-0.25, -0.2) is 4.79 Å². The Morgan fingerprint density at radius 2 is 2.00 bits per heavy atom. The summed E-state index contributed by atoms with van der Waals surface area (Å²) >= 11 is 13.6. The van der Waals surface area contributed by atoms with Gasteiger partial charge in [0.15, 0.2) is 17.2 Å². The van der Waals surface area contributed by atoms with Gasteiger partial charge in [0.05, 0.1) is 23.1 Å². The summed E-state index contributed by atoms with van der Waals surface area (Å²) in [5, 5.41) is 11.8. The highest BCUT2D eigenvalue weighted by molar-refractivity contribution is 6.29. The van der Waals surface area contributed by atoms with Crippen LogP contribution in [0.5, 0.6) is 0 Å². The highest BCUT2D eigenvalue weighted by Gasteiger charge is 2.76. The normalized spacial score (nSPS) is 42.9. The van der Waals surface area contributed by atoms with Crippen molar-refractivity contribution in [2.24, 2.45) is 28.6 Å². The lowest BCUT2D eigenvalue weighted by Gasteiger charge is -2.64. The first-order valence-electron chi connectivity index (χ1n) is 12.1. The molecule has 4 aliphatic carbocycles. The van der Waals surface area contributed by atoms with Crippen LogP contribution in [0.2, 0.25) is 0 Å². The number of ether oxygens (including phenoxy) is 1. The molecule has 7 nitrogen and oxygen atoms in total. The maximum atomic E-state index is 13.6. The van der Waals surface area contributed by atoms with E-state index in [0.717, 1.165) is 5.57 Å². The predicted molar refractivity (Wildman–Crippen MR) is 134 cm³/mol. The van der Waals surface area contributed by atoms with E-state index in [1.54, 1.807) is 12.1 Å². The van der Waals surface area contributed by atoms with Crippen LogP contribution in [-0.2, 0) is 14.3 Å². The average Bonchev–Trinajstić information content (AvgIpc) is 3.42.